The summed E-state index contributed by atoms with van der Waals surface area (Å²) < 4.78 is 47.3. The number of piperazine rings is 1. The van der Waals surface area contributed by atoms with Gasteiger partial charge in [0.05, 0.1) is 30.2 Å². The first-order chi connectivity index (χ1) is 23.7. The molecule has 0 saturated carbocycles. The number of rotatable bonds is 9. The van der Waals surface area contributed by atoms with Gasteiger partial charge in [0.25, 0.3) is 5.91 Å². The predicted octanol–water partition coefficient (Wildman–Crippen LogP) is 3.20. The largest absolute Gasteiger partial charge is 0.416 e. The highest BCUT2D eigenvalue weighted by Crippen LogP contribution is 2.41. The number of aromatic nitrogens is 1. The third-order valence-corrected chi connectivity index (χ3v) is 10.3. The minimum Gasteiger partial charge on any atom is -0.379 e. The zero-order valence-electron chi connectivity index (χ0n) is 29.2. The van der Waals surface area contributed by atoms with Gasteiger partial charge in [-0.3, -0.25) is 24.2 Å². The van der Waals surface area contributed by atoms with Crippen molar-refractivity contribution in [3.63, 3.8) is 0 Å². The Kier molecular flexibility index (Phi) is 10.2. The average Bonchev–Trinajstić information content (AvgIpc) is 3.36. The lowest BCUT2D eigenvalue weighted by Crippen LogP contribution is -2.53. The van der Waals surface area contributed by atoms with E-state index in [-0.39, 0.29) is 35.7 Å². The number of hydrogen-bond donors (Lipinski definition) is 0. The van der Waals surface area contributed by atoms with Crippen molar-refractivity contribution >= 4 is 34.9 Å². The molecule has 11 nitrogen and oxygen atoms in total. The van der Waals surface area contributed by atoms with Crippen molar-refractivity contribution in [1.29, 1.82) is 0 Å². The number of carbonyl (C=O) groups is 3. The smallest absolute Gasteiger partial charge is 0.379 e. The second kappa shape index (κ2) is 14.3. The monoisotopic (exact) mass is 697 g/mol. The van der Waals surface area contributed by atoms with E-state index in [1.807, 2.05) is 30.0 Å². The van der Waals surface area contributed by atoms with E-state index in [1.165, 1.54) is 11.8 Å². The van der Waals surface area contributed by atoms with Crippen LogP contribution in [0.4, 0.5) is 30.4 Å². The number of aryl methyl sites for hydroxylation is 2. The fraction of sp³-hybridized carbons (Fsp3) is 0.556. The summed E-state index contributed by atoms with van der Waals surface area (Å²) in [7, 11) is 3.73. The summed E-state index contributed by atoms with van der Waals surface area (Å²) in [4.78, 5) is 55.9. The number of para-hydroxylation sites is 1. The van der Waals surface area contributed by atoms with Crippen LogP contribution < -0.4 is 14.7 Å². The number of anilines is 3. The van der Waals surface area contributed by atoms with Crippen molar-refractivity contribution in [3.05, 3.63) is 59.3 Å². The van der Waals surface area contributed by atoms with E-state index < -0.39 is 29.6 Å². The van der Waals surface area contributed by atoms with E-state index in [1.54, 1.807) is 7.05 Å². The molecule has 6 rings (SSSR count). The fourth-order valence-electron chi connectivity index (χ4n) is 7.54. The van der Waals surface area contributed by atoms with Gasteiger partial charge in [-0.25, -0.2) is 4.98 Å². The summed E-state index contributed by atoms with van der Waals surface area (Å²) in [6.45, 7) is 14.7. The molecule has 0 aliphatic carbocycles. The molecule has 0 spiro atoms. The highest BCUT2D eigenvalue weighted by molar-refractivity contribution is 6.10. The number of amides is 3. The van der Waals surface area contributed by atoms with E-state index in [9.17, 15) is 27.6 Å². The molecule has 5 heterocycles. The number of benzene rings is 1. The van der Waals surface area contributed by atoms with Crippen LogP contribution in [0.3, 0.4) is 0 Å². The Balaban J connectivity index is 1.10. The third kappa shape index (κ3) is 7.38. The van der Waals surface area contributed by atoms with Crippen LogP contribution in [0.1, 0.15) is 23.2 Å². The Morgan fingerprint density at radius 2 is 1.76 bits per heavy atom. The van der Waals surface area contributed by atoms with Crippen molar-refractivity contribution in [3.8, 4) is 0 Å². The minimum atomic E-state index is -4.63. The lowest BCUT2D eigenvalue weighted by atomic mass is 9.95. The summed E-state index contributed by atoms with van der Waals surface area (Å²) in [5.74, 6) is -1.27. The van der Waals surface area contributed by atoms with Crippen LogP contribution in [0, 0.1) is 25.7 Å². The predicted molar refractivity (Wildman–Crippen MR) is 184 cm³/mol. The zero-order valence-corrected chi connectivity index (χ0v) is 29.2. The number of carbonyl (C=O) groups excluding carboxylic acids is 3. The number of fused-ring (bicyclic) bond motifs is 2. The van der Waals surface area contributed by atoms with Gasteiger partial charge in [-0.2, -0.15) is 13.2 Å². The number of nitrogens with zero attached hydrogens (tertiary/aromatic N) is 7. The van der Waals surface area contributed by atoms with Crippen molar-refractivity contribution < 1.29 is 32.3 Å². The maximum atomic E-state index is 14.1. The highest BCUT2D eigenvalue weighted by Gasteiger charge is 2.49. The highest BCUT2D eigenvalue weighted by atomic mass is 19.4. The number of pyridine rings is 1. The quantitative estimate of drug-likeness (QED) is 0.292. The lowest BCUT2D eigenvalue weighted by molar-refractivity contribution is -0.137. The normalized spacial score (nSPS) is 22.3. The molecule has 14 heteroatoms. The molecule has 3 fully saturated rings. The van der Waals surface area contributed by atoms with Crippen LogP contribution in [0.25, 0.3) is 0 Å². The molecule has 0 bridgehead atoms. The summed E-state index contributed by atoms with van der Waals surface area (Å²) in [5, 5.41) is 0. The second-order valence-electron chi connectivity index (χ2n) is 14.1. The van der Waals surface area contributed by atoms with Gasteiger partial charge in [0, 0.05) is 95.5 Å². The van der Waals surface area contributed by atoms with Gasteiger partial charge in [0.2, 0.25) is 11.8 Å². The van der Waals surface area contributed by atoms with Crippen LogP contribution in [-0.2, 0) is 25.3 Å². The van der Waals surface area contributed by atoms with Crippen molar-refractivity contribution in [2.45, 2.75) is 32.5 Å². The van der Waals surface area contributed by atoms with E-state index in [2.05, 4.69) is 33.3 Å². The van der Waals surface area contributed by atoms with Crippen LogP contribution >= 0.6 is 0 Å². The molecule has 0 N–H and O–H groups in total. The molecule has 4 aliphatic rings. The maximum Gasteiger partial charge on any atom is 0.416 e. The molecule has 1 aromatic heterocycles. The number of hydrogen-bond acceptors (Lipinski definition) is 8. The molecule has 0 radical (unpaired) electrons. The van der Waals surface area contributed by atoms with Crippen molar-refractivity contribution in [2.75, 3.05) is 101 Å². The van der Waals surface area contributed by atoms with Gasteiger partial charge in [-0.15, -0.1) is 0 Å². The lowest BCUT2D eigenvalue weighted by Gasteiger charge is -2.41. The van der Waals surface area contributed by atoms with Gasteiger partial charge >= 0.3 is 6.18 Å². The molecule has 2 aromatic rings. The maximum absolute atomic E-state index is 14.1. The van der Waals surface area contributed by atoms with Crippen molar-refractivity contribution in [1.82, 2.24) is 19.7 Å². The first-order valence-corrected chi connectivity index (χ1v) is 17.2. The second-order valence-corrected chi connectivity index (χ2v) is 14.1. The molecular formula is C36H46F3N7O4. The Morgan fingerprint density at radius 3 is 2.46 bits per heavy atom. The average molecular weight is 698 g/mol. The van der Waals surface area contributed by atoms with E-state index in [0.717, 1.165) is 54.5 Å². The first-order valence-electron chi connectivity index (χ1n) is 17.2. The number of likely N-dealkylation sites (N-methyl/N-ethyl adjacent to an activating group) is 2. The zero-order chi connectivity index (χ0) is 35.9. The van der Waals surface area contributed by atoms with E-state index >= 15 is 0 Å². The summed E-state index contributed by atoms with van der Waals surface area (Å²) in [6, 6.07) is 6.40. The van der Waals surface area contributed by atoms with Crippen LogP contribution in [-0.4, -0.2) is 130 Å². The van der Waals surface area contributed by atoms with Gasteiger partial charge in [-0.05, 0) is 44.7 Å². The molecule has 2 atom stereocenters. The number of ether oxygens (including phenoxy) is 1. The Bertz CT molecular complexity index is 1640. The van der Waals surface area contributed by atoms with Crippen LogP contribution in [0.5, 0.6) is 0 Å². The molecular weight excluding hydrogens is 651 g/mol. The first kappa shape index (κ1) is 35.8. The van der Waals surface area contributed by atoms with Crippen LogP contribution in [0.15, 0.2) is 42.5 Å². The molecule has 4 aliphatic heterocycles. The van der Waals surface area contributed by atoms with Gasteiger partial charge < -0.3 is 24.3 Å². The molecule has 270 valence electrons. The summed E-state index contributed by atoms with van der Waals surface area (Å²) in [5.41, 5.74) is 2.24. The van der Waals surface area contributed by atoms with Gasteiger partial charge in [0.1, 0.15) is 11.9 Å². The minimum absolute atomic E-state index is 0.00300. The third-order valence-electron chi connectivity index (χ3n) is 10.3. The molecule has 0 unspecified atom stereocenters. The Labute approximate surface area is 291 Å². The number of alkyl halides is 3. The SMILES string of the molecule is C=C(CN1CCN(C)CC1)C(=O)N1CC(COCCN2C[C@H]3CC(=O)N(c4cc(C(F)(F)F)cc(C)n4)[C@@H]3C(=O)N(C)c3cccc(C)c32)C1. The fourth-order valence-corrected chi connectivity index (χ4v) is 7.54. The van der Waals surface area contributed by atoms with Gasteiger partial charge in [-0.1, -0.05) is 18.7 Å². The molecule has 1 aromatic carbocycles. The Hall–Kier alpha value is -4.01. The van der Waals surface area contributed by atoms with Gasteiger partial charge in [0.15, 0.2) is 0 Å². The molecule has 3 amide bonds. The van der Waals surface area contributed by atoms with Crippen molar-refractivity contribution in [2.24, 2.45) is 11.8 Å². The van der Waals surface area contributed by atoms with E-state index in [0.29, 0.717) is 57.2 Å². The van der Waals surface area contributed by atoms with E-state index in [4.69, 9.17) is 4.74 Å². The van der Waals surface area contributed by atoms with Crippen LogP contribution in [0.2, 0.25) is 0 Å². The molecule has 3 saturated heterocycles. The topological polar surface area (TPSA) is 92.8 Å². The summed E-state index contributed by atoms with van der Waals surface area (Å²) in [6.07, 6.45) is -4.64. The summed E-state index contributed by atoms with van der Waals surface area (Å²) >= 11 is 0. The molecule has 50 heavy (non-hydrogen) atoms. The Morgan fingerprint density at radius 1 is 1.04 bits per heavy atom. The number of halogens is 3. The number of likely N-dealkylation sites (tertiary alicyclic amines) is 1. The standard InChI is InChI=1S/C36H46F3N7O4/c1-23-7-6-8-29-32(23)44(13-14-50-22-26-19-45(20-26)34(48)24(2)18-43-11-9-41(4)10-12-43)21-27-16-31(47)46(33(27)35(49)42(29)5)30-17-28(36(37,38)39)15-25(3)40-30/h6-8,15,17,26-27,33H,2,9-14,16,18-22H2,1,3-5H3/t27-,33+/m1/s1.